The minimum atomic E-state index is -0.509. The zero-order chi connectivity index (χ0) is 20.0. The Kier molecular flexibility index (Phi) is 4.26. The fourth-order valence-corrected chi connectivity index (χ4v) is 3.61. The number of hydrogen-bond donors (Lipinski definition) is 1. The van der Waals surface area contributed by atoms with Crippen LogP contribution >= 0.6 is 0 Å². The topological polar surface area (TPSA) is 68.4 Å². The number of aromatic nitrogens is 3. The smallest absolute Gasteiger partial charge is 0.273 e. The molecular weight excluding hydrogens is 352 g/mol. The number of carbonyl (C=O) groups is 1. The number of fused-ring (bicyclic) bond motifs is 3. The van der Waals surface area contributed by atoms with E-state index >= 15 is 0 Å². The average Bonchev–Trinajstić information content (AvgIpc) is 2.99. The van der Waals surface area contributed by atoms with Crippen LogP contribution < -0.4 is 10.9 Å². The van der Waals surface area contributed by atoms with Crippen LogP contribution in [0.25, 0.3) is 16.6 Å². The molecular formula is C22H22N4O2. The largest absolute Gasteiger partial charge is 0.324 e. The second kappa shape index (κ2) is 6.64. The zero-order valence-corrected chi connectivity index (χ0v) is 16.4. The van der Waals surface area contributed by atoms with Gasteiger partial charge in [0.2, 0.25) is 5.91 Å². The number of nitrogens with zero attached hydrogens (tertiary/aromatic N) is 3. The van der Waals surface area contributed by atoms with E-state index in [0.29, 0.717) is 5.65 Å². The van der Waals surface area contributed by atoms with E-state index in [4.69, 9.17) is 0 Å². The fourth-order valence-electron chi connectivity index (χ4n) is 3.61. The van der Waals surface area contributed by atoms with E-state index in [0.717, 1.165) is 33.4 Å². The van der Waals surface area contributed by atoms with Crippen LogP contribution in [-0.2, 0) is 4.79 Å². The van der Waals surface area contributed by atoms with Crippen molar-refractivity contribution in [2.75, 3.05) is 5.32 Å². The molecule has 0 aliphatic rings. The molecule has 0 saturated carbocycles. The maximum Gasteiger partial charge on any atom is 0.273 e. The molecule has 2 aromatic carbocycles. The predicted molar refractivity (Wildman–Crippen MR) is 111 cm³/mol. The van der Waals surface area contributed by atoms with E-state index in [2.05, 4.69) is 10.3 Å². The van der Waals surface area contributed by atoms with Crippen LogP contribution in [-0.4, -0.2) is 20.1 Å². The lowest BCUT2D eigenvalue weighted by atomic mass is 10.1. The summed E-state index contributed by atoms with van der Waals surface area (Å²) in [5, 5.41) is 3.89. The predicted octanol–water partition coefficient (Wildman–Crippen LogP) is 3.77. The second-order valence-electron chi connectivity index (χ2n) is 7.22. The fraction of sp³-hybridized carbons (Fsp3) is 0.227. The molecule has 4 rings (SSSR count). The van der Waals surface area contributed by atoms with Gasteiger partial charge in [0.25, 0.3) is 5.56 Å². The Morgan fingerprint density at radius 1 is 1.07 bits per heavy atom. The summed E-state index contributed by atoms with van der Waals surface area (Å²) in [6.07, 6.45) is 0. The van der Waals surface area contributed by atoms with Gasteiger partial charge in [-0.05, 0) is 57.0 Å². The summed E-state index contributed by atoms with van der Waals surface area (Å²) >= 11 is 0. The highest BCUT2D eigenvalue weighted by Gasteiger charge is 2.22. The van der Waals surface area contributed by atoms with Crippen LogP contribution in [0.15, 0.2) is 53.3 Å². The lowest BCUT2D eigenvalue weighted by Gasteiger charge is -2.19. The molecule has 1 amide bonds. The molecule has 2 aromatic heterocycles. The van der Waals surface area contributed by atoms with Crippen LogP contribution in [0.2, 0.25) is 0 Å². The zero-order valence-electron chi connectivity index (χ0n) is 16.4. The molecule has 6 heteroatoms. The number of amides is 1. The number of benzene rings is 2. The molecule has 0 aliphatic carbocycles. The van der Waals surface area contributed by atoms with Crippen molar-refractivity contribution < 1.29 is 4.79 Å². The van der Waals surface area contributed by atoms with Gasteiger partial charge in [-0.3, -0.25) is 14.3 Å². The molecule has 0 fully saturated rings. The highest BCUT2D eigenvalue weighted by atomic mass is 16.2. The van der Waals surface area contributed by atoms with Crippen molar-refractivity contribution in [3.05, 3.63) is 75.7 Å². The van der Waals surface area contributed by atoms with Gasteiger partial charge in [0.05, 0.1) is 5.52 Å². The summed E-state index contributed by atoms with van der Waals surface area (Å²) in [5.41, 5.74) is 4.77. The van der Waals surface area contributed by atoms with E-state index in [1.165, 1.54) is 6.07 Å². The van der Waals surface area contributed by atoms with Crippen molar-refractivity contribution >= 4 is 28.1 Å². The van der Waals surface area contributed by atoms with Crippen molar-refractivity contribution in [1.82, 2.24) is 14.2 Å². The maximum atomic E-state index is 13.1. The molecule has 0 aliphatic heterocycles. The van der Waals surface area contributed by atoms with Crippen molar-refractivity contribution in [1.29, 1.82) is 0 Å². The first kappa shape index (κ1) is 18.0. The molecule has 2 heterocycles. The molecule has 28 heavy (non-hydrogen) atoms. The summed E-state index contributed by atoms with van der Waals surface area (Å²) in [7, 11) is 0. The van der Waals surface area contributed by atoms with Crippen LogP contribution in [0.1, 0.15) is 29.8 Å². The number of rotatable bonds is 3. The lowest BCUT2D eigenvalue weighted by Crippen LogP contribution is -2.27. The third kappa shape index (κ3) is 2.87. The number of aryl methyl sites for hydroxylation is 3. The molecule has 0 bridgehead atoms. The van der Waals surface area contributed by atoms with Gasteiger partial charge < -0.3 is 5.32 Å². The molecule has 1 N–H and O–H groups in total. The van der Waals surface area contributed by atoms with Gasteiger partial charge in [-0.25, -0.2) is 4.52 Å². The van der Waals surface area contributed by atoms with Crippen LogP contribution in [0.3, 0.4) is 0 Å². The minimum Gasteiger partial charge on any atom is -0.324 e. The summed E-state index contributed by atoms with van der Waals surface area (Å²) < 4.78 is 3.74. The Labute approximate surface area is 162 Å². The highest BCUT2D eigenvalue weighted by molar-refractivity contribution is 5.97. The standard InChI is InChI=1S/C22H22N4O2/c1-13-9-10-14(2)18(11-13)23-22(28)16(4)26-19-8-6-5-7-17(19)21-24-20(27)12-15(3)25(21)26/h5-12,16H,1-4H3,(H,23,28). The van der Waals surface area contributed by atoms with E-state index in [1.807, 2.05) is 79.4 Å². The summed E-state index contributed by atoms with van der Waals surface area (Å²) in [4.78, 5) is 29.3. The summed E-state index contributed by atoms with van der Waals surface area (Å²) in [6.45, 7) is 7.67. The Hall–Kier alpha value is -3.41. The molecule has 0 radical (unpaired) electrons. The first-order valence-corrected chi connectivity index (χ1v) is 9.24. The minimum absolute atomic E-state index is 0.130. The van der Waals surface area contributed by atoms with Gasteiger partial charge in [-0.2, -0.15) is 4.98 Å². The van der Waals surface area contributed by atoms with Crippen LogP contribution in [0, 0.1) is 20.8 Å². The molecule has 1 unspecified atom stereocenters. The Morgan fingerprint density at radius 3 is 2.61 bits per heavy atom. The number of anilines is 1. The van der Waals surface area contributed by atoms with Gasteiger partial charge in [0, 0.05) is 22.8 Å². The number of para-hydroxylation sites is 1. The van der Waals surface area contributed by atoms with Gasteiger partial charge in [0.1, 0.15) is 6.04 Å². The average molecular weight is 374 g/mol. The van der Waals surface area contributed by atoms with Crippen LogP contribution in [0.4, 0.5) is 5.69 Å². The third-order valence-corrected chi connectivity index (χ3v) is 5.09. The van der Waals surface area contributed by atoms with Crippen LogP contribution in [0.5, 0.6) is 0 Å². The van der Waals surface area contributed by atoms with Crippen molar-refractivity contribution in [3.8, 4) is 0 Å². The molecule has 1 atom stereocenters. The number of hydrogen-bond acceptors (Lipinski definition) is 3. The van der Waals surface area contributed by atoms with Gasteiger partial charge in [-0.15, -0.1) is 0 Å². The summed E-state index contributed by atoms with van der Waals surface area (Å²) in [5.74, 6) is -0.130. The van der Waals surface area contributed by atoms with E-state index < -0.39 is 6.04 Å². The molecule has 4 aromatic rings. The molecule has 0 saturated heterocycles. The van der Waals surface area contributed by atoms with Crippen molar-refractivity contribution in [2.45, 2.75) is 33.7 Å². The van der Waals surface area contributed by atoms with E-state index in [-0.39, 0.29) is 11.5 Å². The Morgan fingerprint density at radius 2 is 1.82 bits per heavy atom. The number of carbonyl (C=O) groups excluding carboxylic acids is 1. The van der Waals surface area contributed by atoms with E-state index in [1.54, 1.807) is 0 Å². The Balaban J connectivity index is 1.86. The monoisotopic (exact) mass is 374 g/mol. The molecule has 142 valence electrons. The number of nitrogens with one attached hydrogen (secondary N) is 1. The van der Waals surface area contributed by atoms with Gasteiger partial charge in [0.15, 0.2) is 5.65 Å². The Bertz CT molecular complexity index is 1280. The lowest BCUT2D eigenvalue weighted by molar-refractivity contribution is -0.119. The van der Waals surface area contributed by atoms with Gasteiger partial charge >= 0.3 is 0 Å². The van der Waals surface area contributed by atoms with E-state index in [9.17, 15) is 9.59 Å². The SMILES string of the molecule is Cc1ccc(C)c(NC(=O)C(C)n2c3ccccc3c3nc(=O)cc(C)n32)c1. The maximum absolute atomic E-state index is 13.1. The quantitative estimate of drug-likeness (QED) is 0.593. The molecule has 0 spiro atoms. The second-order valence-corrected chi connectivity index (χ2v) is 7.22. The normalized spacial score (nSPS) is 12.4. The molecule has 6 nitrogen and oxygen atoms in total. The summed E-state index contributed by atoms with van der Waals surface area (Å²) in [6, 6.07) is 14.6. The third-order valence-electron chi connectivity index (χ3n) is 5.09. The first-order chi connectivity index (χ1) is 13.4. The first-order valence-electron chi connectivity index (χ1n) is 9.24. The van der Waals surface area contributed by atoms with Gasteiger partial charge in [-0.1, -0.05) is 24.3 Å². The van der Waals surface area contributed by atoms with Crippen molar-refractivity contribution in [3.63, 3.8) is 0 Å². The highest BCUT2D eigenvalue weighted by Crippen LogP contribution is 2.26. The van der Waals surface area contributed by atoms with Crippen molar-refractivity contribution in [2.24, 2.45) is 0 Å².